The van der Waals surface area contributed by atoms with E-state index in [0.717, 1.165) is 32.1 Å². The lowest BCUT2D eigenvalue weighted by molar-refractivity contribution is -0.135. The van der Waals surface area contributed by atoms with Crippen molar-refractivity contribution in [2.45, 2.75) is 70.5 Å². The Hall–Kier alpha value is -4.59. The molecule has 2 fully saturated rings. The summed E-state index contributed by atoms with van der Waals surface area (Å²) in [5.41, 5.74) is 1.09. The number of nitrogens with one attached hydrogen (secondary N) is 3. The van der Waals surface area contributed by atoms with Crippen LogP contribution < -0.4 is 16.0 Å². The topological polar surface area (TPSA) is 146 Å². The molecule has 0 unspecified atom stereocenters. The molecule has 5 rings (SSSR count). The van der Waals surface area contributed by atoms with Crippen LogP contribution in [0.15, 0.2) is 43.0 Å². The maximum absolute atomic E-state index is 15.7. The van der Waals surface area contributed by atoms with Crippen LogP contribution in [-0.2, 0) is 23.2 Å². The molecule has 258 valence electrons. The number of hydrogen-bond acceptors (Lipinski definition) is 7. The molecule has 3 N–H and O–H groups in total. The number of carbonyl (C=O) groups excluding carboxylic acids is 4. The van der Waals surface area contributed by atoms with Gasteiger partial charge in [0, 0.05) is 51.9 Å². The lowest BCUT2D eigenvalue weighted by atomic mass is 9.83. The number of carbonyl (C=O) groups is 4. The zero-order chi connectivity index (χ0) is 34.4. The van der Waals surface area contributed by atoms with Gasteiger partial charge in [0.25, 0.3) is 11.8 Å². The fraction of sp³-hybridized carbons (Fsp3) is 0.529. The van der Waals surface area contributed by atoms with Crippen LogP contribution in [0.5, 0.6) is 0 Å². The fourth-order valence-corrected chi connectivity index (χ4v) is 6.59. The number of aromatic nitrogens is 4. The predicted molar refractivity (Wildman–Crippen MR) is 178 cm³/mol. The summed E-state index contributed by atoms with van der Waals surface area (Å²) in [5.74, 6) is -3.00. The Morgan fingerprint density at radius 1 is 0.958 bits per heavy atom. The highest BCUT2D eigenvalue weighted by Crippen LogP contribution is 2.29. The van der Waals surface area contributed by atoms with Crippen molar-refractivity contribution in [3.05, 3.63) is 65.8 Å². The minimum Gasteiger partial charge on any atom is -0.339 e. The van der Waals surface area contributed by atoms with Crippen molar-refractivity contribution in [3.63, 3.8) is 0 Å². The quantitative estimate of drug-likeness (QED) is 0.286. The van der Waals surface area contributed by atoms with Crippen LogP contribution in [0.1, 0.15) is 78.4 Å². The van der Waals surface area contributed by atoms with Gasteiger partial charge in [0.15, 0.2) is 0 Å². The molecular weight excluding hydrogens is 617 g/mol. The summed E-state index contributed by atoms with van der Waals surface area (Å²) in [6.07, 6.45) is 8.98. The van der Waals surface area contributed by atoms with E-state index in [9.17, 15) is 19.2 Å². The fourth-order valence-electron chi connectivity index (χ4n) is 6.59. The molecule has 2 aliphatic rings. The Bertz CT molecular complexity index is 1610. The molecule has 1 aliphatic heterocycles. The first-order valence-corrected chi connectivity index (χ1v) is 16.7. The van der Waals surface area contributed by atoms with Crippen LogP contribution in [0.3, 0.4) is 0 Å². The molecule has 3 atom stereocenters. The second-order valence-corrected chi connectivity index (χ2v) is 12.9. The van der Waals surface area contributed by atoms with Gasteiger partial charge in [-0.05, 0) is 56.5 Å². The van der Waals surface area contributed by atoms with Crippen LogP contribution in [0.2, 0.25) is 0 Å². The summed E-state index contributed by atoms with van der Waals surface area (Å²) in [7, 11) is 3.68. The highest BCUT2D eigenvalue weighted by Gasteiger charge is 2.35. The zero-order valence-corrected chi connectivity index (χ0v) is 28.1. The molecule has 2 aromatic heterocycles. The molecule has 1 aliphatic carbocycles. The first kappa shape index (κ1) is 34.7. The van der Waals surface area contributed by atoms with Gasteiger partial charge in [0.1, 0.15) is 29.3 Å². The van der Waals surface area contributed by atoms with Crippen LogP contribution >= 0.6 is 0 Å². The molecule has 14 heteroatoms. The molecule has 1 saturated carbocycles. The second-order valence-electron chi connectivity index (χ2n) is 12.9. The second kappa shape index (κ2) is 15.5. The summed E-state index contributed by atoms with van der Waals surface area (Å²) in [6, 6.07) is 4.18. The maximum atomic E-state index is 15.7. The minimum absolute atomic E-state index is 0.0366. The first-order chi connectivity index (χ1) is 23.1. The van der Waals surface area contributed by atoms with E-state index in [-0.39, 0.29) is 17.5 Å². The van der Waals surface area contributed by atoms with Gasteiger partial charge in [-0.1, -0.05) is 32.3 Å². The average Bonchev–Trinajstić information content (AvgIpc) is 3.76. The van der Waals surface area contributed by atoms with E-state index in [1.54, 1.807) is 46.4 Å². The van der Waals surface area contributed by atoms with Crippen molar-refractivity contribution in [2.75, 3.05) is 38.5 Å². The van der Waals surface area contributed by atoms with E-state index in [1.165, 1.54) is 24.7 Å². The SMILES string of the molecule is CCn1nccc1C(=O)N[C@H](C(=O)Nc1ccc([C@H](C)[C@@H](NC(=O)c2cncn2C)C(=O)N2CCN(C)CC2)cc1F)C1CCCCC1. The van der Waals surface area contributed by atoms with E-state index < -0.39 is 41.5 Å². The molecule has 0 radical (unpaired) electrons. The Labute approximate surface area is 280 Å². The molecule has 0 bridgehead atoms. The number of amides is 4. The normalized spacial score (nSPS) is 17.7. The zero-order valence-electron chi connectivity index (χ0n) is 28.1. The van der Waals surface area contributed by atoms with Crippen molar-refractivity contribution in [3.8, 4) is 0 Å². The van der Waals surface area contributed by atoms with E-state index >= 15 is 4.39 Å². The average molecular weight is 664 g/mol. The Morgan fingerprint density at radius 2 is 1.67 bits per heavy atom. The standard InChI is InChI=1S/C34H46FN9O4/c1-5-44-27(13-14-37-44)31(45)40-30(23-9-7-6-8-10-23)33(47)38-26-12-11-24(19-25(26)35)22(2)29(34(48)43-17-15-41(3)16-18-43)39-32(46)28-20-36-21-42(28)4/h11-14,19-23,29-30H,5-10,15-18H2,1-4H3,(H,38,47)(H,39,46)(H,40,45)/t22-,29+,30-/m0/s1. The molecule has 4 amide bonds. The Balaban J connectivity index is 1.34. The Kier molecular flexibility index (Phi) is 11.2. The van der Waals surface area contributed by atoms with Gasteiger partial charge < -0.3 is 30.3 Å². The number of aryl methyl sites for hydroxylation is 2. The number of likely N-dealkylation sites (N-methyl/N-ethyl adjacent to an activating group) is 1. The summed E-state index contributed by atoms with van der Waals surface area (Å²) in [5, 5.41) is 12.6. The van der Waals surface area contributed by atoms with E-state index in [1.807, 2.05) is 14.0 Å². The van der Waals surface area contributed by atoms with Gasteiger partial charge in [0.05, 0.1) is 18.2 Å². The number of piperazine rings is 1. The highest BCUT2D eigenvalue weighted by molar-refractivity contribution is 6.01. The van der Waals surface area contributed by atoms with Gasteiger partial charge in [-0.15, -0.1) is 0 Å². The third kappa shape index (κ3) is 7.92. The number of rotatable bonds is 11. The summed E-state index contributed by atoms with van der Waals surface area (Å²) < 4.78 is 18.9. The molecule has 48 heavy (non-hydrogen) atoms. The third-order valence-electron chi connectivity index (χ3n) is 9.63. The summed E-state index contributed by atoms with van der Waals surface area (Å²) >= 11 is 0. The largest absolute Gasteiger partial charge is 0.339 e. The molecule has 13 nitrogen and oxygen atoms in total. The van der Waals surface area contributed by atoms with E-state index in [4.69, 9.17) is 0 Å². The molecule has 0 spiro atoms. The van der Waals surface area contributed by atoms with Crippen LogP contribution in [0.4, 0.5) is 10.1 Å². The number of nitrogens with zero attached hydrogens (tertiary/aromatic N) is 6. The van der Waals surface area contributed by atoms with Crippen molar-refractivity contribution < 1.29 is 23.6 Å². The van der Waals surface area contributed by atoms with Crippen molar-refractivity contribution in [1.29, 1.82) is 0 Å². The van der Waals surface area contributed by atoms with Crippen LogP contribution in [-0.4, -0.2) is 98.1 Å². The van der Waals surface area contributed by atoms with Gasteiger partial charge in [-0.25, -0.2) is 9.37 Å². The smallest absolute Gasteiger partial charge is 0.270 e. The Morgan fingerprint density at radius 3 is 2.31 bits per heavy atom. The third-order valence-corrected chi connectivity index (χ3v) is 9.63. The van der Waals surface area contributed by atoms with Gasteiger partial charge in [0.2, 0.25) is 11.8 Å². The van der Waals surface area contributed by atoms with Crippen LogP contribution in [0, 0.1) is 11.7 Å². The van der Waals surface area contributed by atoms with E-state index in [0.29, 0.717) is 49.7 Å². The molecule has 3 heterocycles. The number of halogens is 1. The van der Waals surface area contributed by atoms with Crippen molar-refractivity contribution in [1.82, 2.24) is 39.8 Å². The minimum atomic E-state index is -0.974. The maximum Gasteiger partial charge on any atom is 0.270 e. The number of anilines is 1. The van der Waals surface area contributed by atoms with Gasteiger partial charge >= 0.3 is 0 Å². The van der Waals surface area contributed by atoms with Crippen molar-refractivity contribution >= 4 is 29.3 Å². The predicted octanol–water partition coefficient (Wildman–Crippen LogP) is 2.77. The monoisotopic (exact) mass is 663 g/mol. The van der Waals surface area contributed by atoms with E-state index in [2.05, 4.69) is 30.9 Å². The lowest BCUT2D eigenvalue weighted by Crippen LogP contribution is -2.55. The van der Waals surface area contributed by atoms with Gasteiger partial charge in [-0.2, -0.15) is 5.10 Å². The molecule has 3 aromatic rings. The van der Waals surface area contributed by atoms with Gasteiger partial charge in [-0.3, -0.25) is 23.9 Å². The number of hydrogen-bond donors (Lipinski definition) is 3. The summed E-state index contributed by atoms with van der Waals surface area (Å²) in [4.78, 5) is 61.8. The van der Waals surface area contributed by atoms with Crippen LogP contribution in [0.25, 0.3) is 0 Å². The molecule has 1 aromatic carbocycles. The first-order valence-electron chi connectivity index (χ1n) is 16.7. The number of benzene rings is 1. The number of imidazole rings is 1. The highest BCUT2D eigenvalue weighted by atomic mass is 19.1. The molecular formula is C34H46FN9O4. The van der Waals surface area contributed by atoms with Crippen molar-refractivity contribution in [2.24, 2.45) is 13.0 Å². The lowest BCUT2D eigenvalue weighted by Gasteiger charge is -2.36. The summed E-state index contributed by atoms with van der Waals surface area (Å²) in [6.45, 7) is 6.58. The molecule has 1 saturated heterocycles.